The number of nitrogens with zero attached hydrogens (tertiary/aromatic N) is 2. The van der Waals surface area contributed by atoms with Crippen LogP contribution < -0.4 is 0 Å². The Hall–Kier alpha value is -0.760. The summed E-state index contributed by atoms with van der Waals surface area (Å²) >= 11 is 0. The van der Waals surface area contributed by atoms with Crippen LogP contribution in [0.2, 0.25) is 0 Å². The summed E-state index contributed by atoms with van der Waals surface area (Å²) in [7, 11) is 2.20. The van der Waals surface area contributed by atoms with Crippen molar-refractivity contribution >= 4 is 0 Å². The third-order valence-corrected chi connectivity index (χ3v) is 3.33. The van der Waals surface area contributed by atoms with Crippen LogP contribution in [-0.4, -0.2) is 36.5 Å². The Balaban J connectivity index is 2.89. The van der Waals surface area contributed by atoms with E-state index in [1.165, 1.54) is 11.3 Å². The summed E-state index contributed by atoms with van der Waals surface area (Å²) in [6.07, 6.45) is 5.62. The van der Waals surface area contributed by atoms with Crippen molar-refractivity contribution in [2.75, 3.05) is 26.7 Å². The average molecular weight is 222 g/mol. The molecule has 2 heteroatoms. The molecule has 0 bridgehead atoms. The summed E-state index contributed by atoms with van der Waals surface area (Å²) in [5.41, 5.74) is 3.01. The van der Waals surface area contributed by atoms with Crippen molar-refractivity contribution in [2.45, 2.75) is 34.1 Å². The lowest BCUT2D eigenvalue weighted by Crippen LogP contribution is -2.41. The Kier molecular flexibility index (Phi) is 5.07. The molecule has 1 aliphatic rings. The predicted octanol–water partition coefficient (Wildman–Crippen LogP) is 3.09. The maximum absolute atomic E-state index is 2.43. The molecule has 0 aliphatic carbocycles. The number of rotatable bonds is 3. The molecular weight excluding hydrogens is 196 g/mol. The maximum atomic E-state index is 2.43. The molecule has 0 spiro atoms. The van der Waals surface area contributed by atoms with Crippen molar-refractivity contribution in [1.29, 1.82) is 0 Å². The molecule has 1 saturated heterocycles. The highest BCUT2D eigenvalue weighted by Crippen LogP contribution is 2.21. The van der Waals surface area contributed by atoms with Gasteiger partial charge in [0.1, 0.15) is 0 Å². The van der Waals surface area contributed by atoms with E-state index in [1.807, 2.05) is 0 Å². The van der Waals surface area contributed by atoms with Crippen LogP contribution >= 0.6 is 0 Å². The molecule has 2 nitrogen and oxygen atoms in total. The van der Waals surface area contributed by atoms with Gasteiger partial charge in [-0.25, -0.2) is 0 Å². The first-order chi connectivity index (χ1) is 7.56. The molecule has 0 aromatic carbocycles. The van der Waals surface area contributed by atoms with Gasteiger partial charge in [-0.15, -0.1) is 0 Å². The second kappa shape index (κ2) is 6.09. The molecule has 1 aliphatic heterocycles. The Bertz CT molecular complexity index is 276. The fourth-order valence-electron chi connectivity index (χ4n) is 1.92. The minimum Gasteiger partial charge on any atom is -0.349 e. The van der Waals surface area contributed by atoms with Crippen LogP contribution in [0.1, 0.15) is 34.1 Å². The average Bonchev–Trinajstić information content (AvgIpc) is 2.26. The van der Waals surface area contributed by atoms with Crippen LogP contribution in [0.15, 0.2) is 23.5 Å². The Morgan fingerprint density at radius 1 is 1.38 bits per heavy atom. The van der Waals surface area contributed by atoms with Crippen molar-refractivity contribution in [1.82, 2.24) is 9.80 Å². The molecule has 0 saturated carbocycles. The largest absolute Gasteiger partial charge is 0.349 e. The standard InChI is InChI=1S/C14H26N2/c1-6-7-8-16-10-9-15(5)11-14(16)13(4)12(2)3/h7-8,12H,6,9-11H2,1-5H3/b8-7+,14-13+. The van der Waals surface area contributed by atoms with Gasteiger partial charge in [-0.2, -0.15) is 0 Å². The van der Waals surface area contributed by atoms with Crippen molar-refractivity contribution in [3.8, 4) is 0 Å². The molecule has 0 atom stereocenters. The zero-order valence-electron chi connectivity index (χ0n) is 11.5. The highest BCUT2D eigenvalue weighted by molar-refractivity contribution is 5.19. The molecule has 16 heavy (non-hydrogen) atoms. The van der Waals surface area contributed by atoms with E-state index >= 15 is 0 Å². The summed E-state index contributed by atoms with van der Waals surface area (Å²) in [6.45, 7) is 12.4. The minimum absolute atomic E-state index is 0.638. The maximum Gasteiger partial charge on any atom is 0.0384 e. The molecule has 92 valence electrons. The summed E-state index contributed by atoms with van der Waals surface area (Å²) in [4.78, 5) is 4.83. The van der Waals surface area contributed by atoms with Crippen LogP contribution in [0.25, 0.3) is 0 Å². The van der Waals surface area contributed by atoms with E-state index in [1.54, 1.807) is 0 Å². The molecule has 0 aromatic heterocycles. The fraction of sp³-hybridized carbons (Fsp3) is 0.714. The zero-order chi connectivity index (χ0) is 12.1. The second-order valence-corrected chi connectivity index (χ2v) is 5.01. The summed E-state index contributed by atoms with van der Waals surface area (Å²) in [5, 5.41) is 0. The Morgan fingerprint density at radius 2 is 2.06 bits per heavy atom. The van der Waals surface area contributed by atoms with Gasteiger partial charge in [0.15, 0.2) is 0 Å². The Morgan fingerprint density at radius 3 is 2.62 bits per heavy atom. The van der Waals surface area contributed by atoms with Gasteiger partial charge in [0, 0.05) is 25.3 Å². The molecule has 0 amide bonds. The molecule has 1 rings (SSSR count). The lowest BCUT2D eigenvalue weighted by molar-refractivity contribution is 0.240. The van der Waals surface area contributed by atoms with Gasteiger partial charge < -0.3 is 4.90 Å². The van der Waals surface area contributed by atoms with Crippen LogP contribution in [0.3, 0.4) is 0 Å². The van der Waals surface area contributed by atoms with Crippen molar-refractivity contribution in [3.05, 3.63) is 23.5 Å². The minimum atomic E-state index is 0.638. The first-order valence-corrected chi connectivity index (χ1v) is 6.37. The first-order valence-electron chi connectivity index (χ1n) is 6.37. The van der Waals surface area contributed by atoms with Crippen molar-refractivity contribution in [2.24, 2.45) is 5.92 Å². The highest BCUT2D eigenvalue weighted by Gasteiger charge is 2.19. The molecule has 0 aromatic rings. The van der Waals surface area contributed by atoms with Crippen LogP contribution in [0.4, 0.5) is 0 Å². The quantitative estimate of drug-likeness (QED) is 0.724. The van der Waals surface area contributed by atoms with Gasteiger partial charge in [-0.1, -0.05) is 26.8 Å². The Labute approximate surface area is 101 Å². The SMILES string of the molecule is CC/C=C/N1CCN(C)C/C1=C(/C)C(C)C. The summed E-state index contributed by atoms with van der Waals surface area (Å²) in [5.74, 6) is 0.638. The third-order valence-electron chi connectivity index (χ3n) is 3.33. The van der Waals surface area contributed by atoms with E-state index in [4.69, 9.17) is 0 Å². The second-order valence-electron chi connectivity index (χ2n) is 5.01. The van der Waals surface area contributed by atoms with E-state index in [9.17, 15) is 0 Å². The fourth-order valence-corrected chi connectivity index (χ4v) is 1.92. The van der Waals surface area contributed by atoms with Crippen LogP contribution in [0, 0.1) is 5.92 Å². The molecule has 0 radical (unpaired) electrons. The lowest BCUT2D eigenvalue weighted by atomic mass is 10.0. The molecule has 1 fully saturated rings. The van der Waals surface area contributed by atoms with E-state index in [0.717, 1.165) is 26.1 Å². The van der Waals surface area contributed by atoms with Gasteiger partial charge in [-0.3, -0.25) is 4.90 Å². The smallest absolute Gasteiger partial charge is 0.0384 e. The van der Waals surface area contributed by atoms with Gasteiger partial charge >= 0.3 is 0 Å². The number of allylic oxidation sites excluding steroid dienone is 2. The van der Waals surface area contributed by atoms with Gasteiger partial charge in [0.25, 0.3) is 0 Å². The van der Waals surface area contributed by atoms with Crippen LogP contribution in [0.5, 0.6) is 0 Å². The first kappa shape index (κ1) is 13.3. The van der Waals surface area contributed by atoms with Crippen molar-refractivity contribution < 1.29 is 0 Å². The number of piperazine rings is 1. The zero-order valence-corrected chi connectivity index (χ0v) is 11.5. The van der Waals surface area contributed by atoms with Crippen molar-refractivity contribution in [3.63, 3.8) is 0 Å². The van der Waals surface area contributed by atoms with Crippen LogP contribution in [-0.2, 0) is 0 Å². The number of likely N-dealkylation sites (N-methyl/N-ethyl adjacent to an activating group) is 1. The van der Waals surface area contributed by atoms with E-state index in [-0.39, 0.29) is 0 Å². The van der Waals surface area contributed by atoms with Gasteiger partial charge in [0.2, 0.25) is 0 Å². The predicted molar refractivity (Wildman–Crippen MR) is 71.2 cm³/mol. The highest BCUT2D eigenvalue weighted by atomic mass is 15.2. The number of hydrogen-bond donors (Lipinski definition) is 0. The topological polar surface area (TPSA) is 6.48 Å². The molecular formula is C14H26N2. The van der Waals surface area contributed by atoms with Gasteiger partial charge in [-0.05, 0) is 38.1 Å². The third kappa shape index (κ3) is 3.38. The summed E-state index contributed by atoms with van der Waals surface area (Å²) < 4.78 is 0. The normalized spacial score (nSPS) is 22.2. The molecule has 0 unspecified atom stereocenters. The molecule has 0 N–H and O–H groups in total. The van der Waals surface area contributed by atoms with E-state index in [0.29, 0.717) is 5.92 Å². The number of hydrogen-bond acceptors (Lipinski definition) is 2. The monoisotopic (exact) mass is 222 g/mol. The van der Waals surface area contributed by atoms with Gasteiger partial charge in [0.05, 0.1) is 0 Å². The van der Waals surface area contributed by atoms with E-state index in [2.05, 4.69) is 56.8 Å². The summed E-state index contributed by atoms with van der Waals surface area (Å²) in [6, 6.07) is 0. The molecule has 1 heterocycles. The lowest BCUT2D eigenvalue weighted by Gasteiger charge is -2.36. The van der Waals surface area contributed by atoms with E-state index < -0.39 is 0 Å².